The molecule has 0 amide bonds. The summed E-state index contributed by atoms with van der Waals surface area (Å²) >= 11 is 1.46. The van der Waals surface area contributed by atoms with E-state index in [0.29, 0.717) is 17.3 Å². The van der Waals surface area contributed by atoms with Crippen LogP contribution in [0.5, 0.6) is 5.75 Å². The molecular formula is C16H18FNO2S. The Kier molecular flexibility index (Phi) is 5.07. The number of benzene rings is 1. The molecule has 0 aliphatic rings. The third kappa shape index (κ3) is 3.88. The maximum atomic E-state index is 13.3. The topological polar surface area (TPSA) is 42.1 Å². The second-order valence-corrected chi connectivity index (χ2v) is 5.85. The van der Waals surface area contributed by atoms with Crippen LogP contribution in [0.15, 0.2) is 24.3 Å². The minimum absolute atomic E-state index is 0.0808. The second kappa shape index (κ2) is 6.80. The number of aromatic nitrogens is 1. The molecule has 0 bridgehead atoms. The van der Waals surface area contributed by atoms with Crippen molar-refractivity contribution in [2.45, 2.75) is 19.6 Å². The number of H-pyrrole nitrogens is 1. The minimum atomic E-state index is -0.296. The van der Waals surface area contributed by atoms with Gasteiger partial charge in [-0.05, 0) is 38.1 Å². The van der Waals surface area contributed by atoms with Gasteiger partial charge in [-0.25, -0.2) is 4.39 Å². The van der Waals surface area contributed by atoms with Crippen molar-refractivity contribution < 1.29 is 13.9 Å². The van der Waals surface area contributed by atoms with E-state index in [2.05, 4.69) is 4.98 Å². The first-order valence-corrected chi connectivity index (χ1v) is 7.76. The van der Waals surface area contributed by atoms with E-state index in [4.69, 9.17) is 4.74 Å². The molecule has 0 fully saturated rings. The quantitative estimate of drug-likeness (QED) is 0.823. The normalized spacial score (nSPS) is 10.7. The zero-order valence-electron chi connectivity index (χ0n) is 12.3. The number of aromatic amines is 1. The van der Waals surface area contributed by atoms with Gasteiger partial charge in [-0.2, -0.15) is 0 Å². The predicted molar refractivity (Wildman–Crippen MR) is 83.7 cm³/mol. The Bertz CT molecular complexity index is 652. The number of carbonyl (C=O) groups excluding carboxylic acids is 1. The minimum Gasteiger partial charge on any atom is -0.496 e. The van der Waals surface area contributed by atoms with Crippen LogP contribution in [-0.4, -0.2) is 23.6 Å². The van der Waals surface area contributed by atoms with Crippen LogP contribution in [0.25, 0.3) is 0 Å². The first-order valence-electron chi connectivity index (χ1n) is 6.61. The summed E-state index contributed by atoms with van der Waals surface area (Å²) in [5.41, 5.74) is 3.36. The van der Waals surface area contributed by atoms with Gasteiger partial charge in [0.25, 0.3) is 0 Å². The molecule has 3 nitrogen and oxygen atoms in total. The number of Topliss-reactive ketones (excluding diaryl/α,β-unsaturated/α-hetero) is 1. The highest BCUT2D eigenvalue weighted by Gasteiger charge is 2.12. The third-order valence-electron chi connectivity index (χ3n) is 3.18. The van der Waals surface area contributed by atoms with Crippen molar-refractivity contribution in [1.82, 2.24) is 4.98 Å². The Morgan fingerprint density at radius 1 is 1.33 bits per heavy atom. The molecule has 1 N–H and O–H groups in total. The number of hydrogen-bond donors (Lipinski definition) is 1. The monoisotopic (exact) mass is 307 g/mol. The zero-order valence-corrected chi connectivity index (χ0v) is 13.1. The van der Waals surface area contributed by atoms with E-state index < -0.39 is 0 Å². The van der Waals surface area contributed by atoms with Gasteiger partial charge in [0.2, 0.25) is 0 Å². The van der Waals surface area contributed by atoms with Crippen LogP contribution in [-0.2, 0) is 5.75 Å². The first kappa shape index (κ1) is 15.6. The maximum absolute atomic E-state index is 13.3. The molecule has 2 rings (SSSR count). The molecule has 0 radical (unpaired) electrons. The summed E-state index contributed by atoms with van der Waals surface area (Å²) in [5.74, 6) is 1.32. The number of thioether (sulfide) groups is 1. The average Bonchev–Trinajstić information content (AvgIpc) is 2.78. The highest BCUT2D eigenvalue weighted by Crippen LogP contribution is 2.25. The summed E-state index contributed by atoms with van der Waals surface area (Å²) in [6, 6.07) is 6.28. The van der Waals surface area contributed by atoms with Crippen molar-refractivity contribution >= 4 is 17.5 Å². The fraction of sp³-hybridized carbons (Fsp3) is 0.312. The van der Waals surface area contributed by atoms with E-state index in [9.17, 15) is 9.18 Å². The predicted octanol–water partition coefficient (Wildman–Crippen LogP) is 3.90. The number of halogens is 1. The van der Waals surface area contributed by atoms with Crippen molar-refractivity contribution in [1.29, 1.82) is 0 Å². The summed E-state index contributed by atoms with van der Waals surface area (Å²) < 4.78 is 18.4. The first-order chi connectivity index (χ1) is 10.0. The molecular weight excluding hydrogens is 289 g/mol. The van der Waals surface area contributed by atoms with Gasteiger partial charge in [0.15, 0.2) is 5.78 Å². The van der Waals surface area contributed by atoms with E-state index in [0.717, 1.165) is 22.5 Å². The fourth-order valence-electron chi connectivity index (χ4n) is 2.20. The Balaban J connectivity index is 1.97. The number of ketones is 1. The molecule has 0 atom stereocenters. The molecule has 0 spiro atoms. The number of nitrogens with one attached hydrogen (secondary N) is 1. The molecule has 0 saturated heterocycles. The highest BCUT2D eigenvalue weighted by atomic mass is 32.2. The van der Waals surface area contributed by atoms with Gasteiger partial charge < -0.3 is 9.72 Å². The summed E-state index contributed by atoms with van der Waals surface area (Å²) in [6.45, 7) is 3.81. The molecule has 5 heteroatoms. The largest absolute Gasteiger partial charge is 0.496 e. The van der Waals surface area contributed by atoms with Crippen molar-refractivity contribution in [2.24, 2.45) is 0 Å². The molecule has 0 aliphatic carbocycles. The lowest BCUT2D eigenvalue weighted by Gasteiger charge is -2.08. The molecule has 0 unspecified atom stereocenters. The van der Waals surface area contributed by atoms with Gasteiger partial charge in [-0.3, -0.25) is 4.79 Å². The van der Waals surface area contributed by atoms with Crippen molar-refractivity contribution in [3.63, 3.8) is 0 Å². The molecule has 0 saturated carbocycles. The summed E-state index contributed by atoms with van der Waals surface area (Å²) in [6.07, 6.45) is 0. The van der Waals surface area contributed by atoms with Crippen LogP contribution in [0.2, 0.25) is 0 Å². The second-order valence-electron chi connectivity index (χ2n) is 4.86. The van der Waals surface area contributed by atoms with Gasteiger partial charge in [0.05, 0.1) is 12.9 Å². The number of methoxy groups -OCH3 is 1. The SMILES string of the molecule is COc1ccc(F)cc1CSCC(=O)c1cc(C)[nH]c1C. The standard InChI is InChI=1S/C16H18FNO2S/c1-10-6-14(11(2)18-10)15(19)9-21-8-12-7-13(17)4-5-16(12)20-3/h4-7,18H,8-9H2,1-3H3. The molecule has 1 heterocycles. The zero-order chi connectivity index (χ0) is 15.4. The van der Waals surface area contributed by atoms with E-state index in [1.807, 2.05) is 19.9 Å². The van der Waals surface area contributed by atoms with Gasteiger partial charge in [0.1, 0.15) is 11.6 Å². The van der Waals surface area contributed by atoms with Crippen LogP contribution in [0, 0.1) is 19.7 Å². The fourth-order valence-corrected chi connectivity index (χ4v) is 3.09. The number of ether oxygens (including phenoxy) is 1. The van der Waals surface area contributed by atoms with Crippen molar-refractivity contribution in [3.8, 4) is 5.75 Å². The Morgan fingerprint density at radius 2 is 2.10 bits per heavy atom. The van der Waals surface area contributed by atoms with Crippen LogP contribution >= 0.6 is 11.8 Å². The van der Waals surface area contributed by atoms with Crippen LogP contribution in [0.3, 0.4) is 0 Å². The smallest absolute Gasteiger partial charge is 0.174 e. The van der Waals surface area contributed by atoms with Crippen LogP contribution in [0.1, 0.15) is 27.3 Å². The summed E-state index contributed by atoms with van der Waals surface area (Å²) in [7, 11) is 1.55. The van der Waals surface area contributed by atoms with Gasteiger partial charge in [-0.1, -0.05) is 0 Å². The van der Waals surface area contributed by atoms with Gasteiger partial charge in [-0.15, -0.1) is 11.8 Å². The number of carbonyl (C=O) groups is 1. The van der Waals surface area contributed by atoms with E-state index in [-0.39, 0.29) is 11.6 Å². The van der Waals surface area contributed by atoms with E-state index in [1.54, 1.807) is 13.2 Å². The molecule has 1 aromatic heterocycles. The molecule has 0 aliphatic heterocycles. The third-order valence-corrected chi connectivity index (χ3v) is 4.16. The van der Waals surface area contributed by atoms with Crippen molar-refractivity contribution in [2.75, 3.05) is 12.9 Å². The van der Waals surface area contributed by atoms with E-state index >= 15 is 0 Å². The van der Waals surface area contributed by atoms with Crippen LogP contribution in [0.4, 0.5) is 4.39 Å². The van der Waals surface area contributed by atoms with Gasteiger partial charge in [0, 0.05) is 28.3 Å². The lowest BCUT2D eigenvalue weighted by atomic mass is 10.2. The number of hydrogen-bond acceptors (Lipinski definition) is 3. The number of aryl methyl sites for hydroxylation is 2. The Hall–Kier alpha value is -1.75. The lowest BCUT2D eigenvalue weighted by molar-refractivity contribution is 0.102. The maximum Gasteiger partial charge on any atom is 0.174 e. The van der Waals surface area contributed by atoms with E-state index in [1.165, 1.54) is 23.9 Å². The molecule has 112 valence electrons. The number of rotatable bonds is 6. The van der Waals surface area contributed by atoms with Crippen molar-refractivity contribution in [3.05, 3.63) is 52.6 Å². The average molecular weight is 307 g/mol. The summed E-state index contributed by atoms with van der Waals surface area (Å²) in [5, 5.41) is 0. The Labute approximate surface area is 127 Å². The van der Waals surface area contributed by atoms with Crippen LogP contribution < -0.4 is 4.74 Å². The molecule has 1 aromatic carbocycles. The molecule has 21 heavy (non-hydrogen) atoms. The highest BCUT2D eigenvalue weighted by molar-refractivity contribution is 7.99. The lowest BCUT2D eigenvalue weighted by Crippen LogP contribution is -2.03. The molecule has 2 aromatic rings. The van der Waals surface area contributed by atoms with Gasteiger partial charge >= 0.3 is 0 Å². The Morgan fingerprint density at radius 3 is 2.71 bits per heavy atom. The summed E-state index contributed by atoms with van der Waals surface area (Å²) in [4.78, 5) is 15.3.